The van der Waals surface area contributed by atoms with Crippen LogP contribution in [0, 0.1) is 0 Å². The van der Waals surface area contributed by atoms with Crippen molar-refractivity contribution in [3.8, 4) is 0 Å². The summed E-state index contributed by atoms with van der Waals surface area (Å²) in [4.78, 5) is 0. The highest BCUT2D eigenvalue weighted by atomic mass is 16.7. The van der Waals surface area contributed by atoms with Crippen LogP contribution in [0.25, 0.3) is 11.0 Å². The van der Waals surface area contributed by atoms with E-state index in [-0.39, 0.29) is 0 Å². The Balaban J connectivity index is 2.04. The van der Waals surface area contributed by atoms with E-state index >= 15 is 0 Å². The van der Waals surface area contributed by atoms with Crippen molar-refractivity contribution in [2.45, 2.75) is 65.5 Å². The van der Waals surface area contributed by atoms with Crippen molar-refractivity contribution < 1.29 is 9.47 Å². The Labute approximate surface area is 144 Å². The molecule has 0 aliphatic rings. The van der Waals surface area contributed by atoms with Crippen molar-refractivity contribution in [2.24, 2.45) is 0 Å². The van der Waals surface area contributed by atoms with Crippen LogP contribution >= 0.6 is 0 Å². The van der Waals surface area contributed by atoms with Crippen LogP contribution in [0.4, 0.5) is 0 Å². The van der Waals surface area contributed by atoms with Gasteiger partial charge in [0.2, 0.25) is 5.91 Å². The van der Waals surface area contributed by atoms with E-state index in [0.29, 0.717) is 19.9 Å². The minimum atomic E-state index is -0.766. The lowest BCUT2D eigenvalue weighted by molar-refractivity contribution is -0.262. The van der Waals surface area contributed by atoms with Gasteiger partial charge in [0.15, 0.2) is 0 Å². The second-order valence-electron chi connectivity index (χ2n) is 5.92. The summed E-state index contributed by atoms with van der Waals surface area (Å²) in [5.41, 5.74) is 1.89. The molecule has 0 fully saturated rings. The number of nitrogens with one attached hydrogen (secondary N) is 1. The summed E-state index contributed by atoms with van der Waals surface area (Å²) in [5, 5.41) is 11.8. The number of fused-ring (bicyclic) bond motifs is 1. The fourth-order valence-corrected chi connectivity index (χ4v) is 2.47. The molecule has 6 heteroatoms. The highest BCUT2D eigenvalue weighted by Crippen LogP contribution is 2.17. The zero-order valence-corrected chi connectivity index (χ0v) is 15.1. The topological polar surface area (TPSA) is 61.2 Å². The minimum Gasteiger partial charge on any atom is -0.337 e. The van der Waals surface area contributed by atoms with Crippen molar-refractivity contribution in [3.05, 3.63) is 24.3 Å². The standard InChI is InChI=1S/C18H30N4O2/c1-4-7-13-23-18(6-3,24-14-8-5-2)19-15-22-17-12-10-9-11-16(17)20-21-22/h9-12,19H,4-8,13-15H2,1-3H3. The van der Waals surface area contributed by atoms with Gasteiger partial charge in [-0.05, 0) is 25.0 Å². The predicted molar refractivity (Wildman–Crippen MR) is 95.4 cm³/mol. The quantitative estimate of drug-likeness (QED) is 0.474. The van der Waals surface area contributed by atoms with Gasteiger partial charge in [-0.15, -0.1) is 5.10 Å². The number of aromatic nitrogens is 3. The molecule has 1 aromatic heterocycles. The molecule has 2 rings (SSSR count). The summed E-state index contributed by atoms with van der Waals surface area (Å²) in [6, 6.07) is 7.93. The lowest BCUT2D eigenvalue weighted by Gasteiger charge is -2.33. The minimum absolute atomic E-state index is 0.493. The molecule has 1 N–H and O–H groups in total. The number of hydrogen-bond acceptors (Lipinski definition) is 5. The number of rotatable bonds is 12. The van der Waals surface area contributed by atoms with Crippen molar-refractivity contribution in [1.29, 1.82) is 0 Å². The van der Waals surface area contributed by atoms with Gasteiger partial charge in [-0.1, -0.05) is 51.0 Å². The molecule has 24 heavy (non-hydrogen) atoms. The number of unbranched alkanes of at least 4 members (excludes halogenated alkanes) is 2. The van der Waals surface area contributed by atoms with Gasteiger partial charge in [0.05, 0.1) is 25.4 Å². The van der Waals surface area contributed by atoms with E-state index in [1.165, 1.54) is 0 Å². The maximum atomic E-state index is 6.08. The largest absolute Gasteiger partial charge is 0.337 e. The maximum absolute atomic E-state index is 6.08. The Bertz CT molecular complexity index is 589. The van der Waals surface area contributed by atoms with Crippen molar-refractivity contribution in [1.82, 2.24) is 20.3 Å². The Morgan fingerprint density at radius 2 is 1.71 bits per heavy atom. The van der Waals surface area contributed by atoms with Crippen molar-refractivity contribution in [2.75, 3.05) is 13.2 Å². The normalized spacial score (nSPS) is 12.1. The number of nitrogens with zero attached hydrogens (tertiary/aromatic N) is 3. The van der Waals surface area contributed by atoms with Gasteiger partial charge in [0, 0.05) is 6.42 Å². The molecular weight excluding hydrogens is 304 g/mol. The molecular formula is C18H30N4O2. The van der Waals surface area contributed by atoms with Crippen LogP contribution in [0.5, 0.6) is 0 Å². The summed E-state index contributed by atoms with van der Waals surface area (Å²) < 4.78 is 14.0. The molecule has 2 aromatic rings. The molecule has 0 saturated heterocycles. The predicted octanol–water partition coefficient (Wildman–Crippen LogP) is 3.68. The third-order valence-electron chi connectivity index (χ3n) is 4.05. The van der Waals surface area contributed by atoms with E-state index < -0.39 is 5.91 Å². The maximum Gasteiger partial charge on any atom is 0.228 e. The Kier molecular flexibility index (Phi) is 7.62. The summed E-state index contributed by atoms with van der Waals surface area (Å²) in [6.45, 7) is 8.24. The Hall–Kier alpha value is -1.50. The molecule has 0 atom stereocenters. The molecule has 0 saturated carbocycles. The summed E-state index contributed by atoms with van der Waals surface area (Å²) in [6.07, 6.45) is 4.97. The molecule has 6 nitrogen and oxygen atoms in total. The summed E-state index contributed by atoms with van der Waals surface area (Å²) in [7, 11) is 0. The van der Waals surface area contributed by atoms with Crippen LogP contribution in [-0.2, 0) is 16.1 Å². The second kappa shape index (κ2) is 9.71. The number of para-hydroxylation sites is 1. The van der Waals surface area contributed by atoms with Gasteiger partial charge in [-0.3, -0.25) is 0 Å². The molecule has 0 spiro atoms. The average molecular weight is 334 g/mol. The molecule has 0 unspecified atom stereocenters. The molecule has 0 aliphatic carbocycles. The fourth-order valence-electron chi connectivity index (χ4n) is 2.47. The third kappa shape index (κ3) is 5.00. The first-order chi connectivity index (χ1) is 11.7. The molecule has 0 aliphatic heterocycles. The van der Waals surface area contributed by atoms with Crippen LogP contribution in [0.15, 0.2) is 24.3 Å². The first-order valence-corrected chi connectivity index (χ1v) is 9.05. The zero-order valence-electron chi connectivity index (χ0n) is 15.1. The third-order valence-corrected chi connectivity index (χ3v) is 4.05. The number of ether oxygens (including phenoxy) is 2. The molecule has 1 aromatic carbocycles. The zero-order chi connectivity index (χ0) is 17.3. The SMILES string of the molecule is CCCCOC(CC)(NCn1nnc2ccccc21)OCCCC. The Morgan fingerprint density at radius 1 is 1.04 bits per heavy atom. The van der Waals surface area contributed by atoms with Crippen LogP contribution in [0.3, 0.4) is 0 Å². The molecule has 0 radical (unpaired) electrons. The lowest BCUT2D eigenvalue weighted by atomic mass is 10.3. The van der Waals surface area contributed by atoms with Gasteiger partial charge < -0.3 is 9.47 Å². The van der Waals surface area contributed by atoms with Crippen LogP contribution < -0.4 is 5.32 Å². The van der Waals surface area contributed by atoms with Crippen LogP contribution in [0.2, 0.25) is 0 Å². The fraction of sp³-hybridized carbons (Fsp3) is 0.667. The lowest BCUT2D eigenvalue weighted by Crippen LogP contribution is -2.50. The van der Waals surface area contributed by atoms with Gasteiger partial charge in [0.25, 0.3) is 0 Å². The molecule has 0 bridgehead atoms. The van der Waals surface area contributed by atoms with Gasteiger partial charge in [-0.2, -0.15) is 0 Å². The Morgan fingerprint density at radius 3 is 2.33 bits per heavy atom. The smallest absolute Gasteiger partial charge is 0.228 e. The van der Waals surface area contributed by atoms with Crippen molar-refractivity contribution >= 4 is 11.0 Å². The van der Waals surface area contributed by atoms with E-state index in [4.69, 9.17) is 9.47 Å². The van der Waals surface area contributed by atoms with E-state index in [9.17, 15) is 0 Å². The summed E-state index contributed by atoms with van der Waals surface area (Å²) >= 11 is 0. The first kappa shape index (κ1) is 18.8. The molecule has 1 heterocycles. The molecule has 0 amide bonds. The second-order valence-corrected chi connectivity index (χ2v) is 5.92. The van der Waals surface area contributed by atoms with E-state index in [1.807, 2.05) is 28.9 Å². The van der Waals surface area contributed by atoms with Gasteiger partial charge >= 0.3 is 0 Å². The number of hydrogen-bond donors (Lipinski definition) is 1. The van der Waals surface area contributed by atoms with E-state index in [1.54, 1.807) is 0 Å². The van der Waals surface area contributed by atoms with Crippen LogP contribution in [0.1, 0.15) is 52.9 Å². The van der Waals surface area contributed by atoms with Crippen molar-refractivity contribution in [3.63, 3.8) is 0 Å². The molecule has 134 valence electrons. The first-order valence-electron chi connectivity index (χ1n) is 9.05. The van der Waals surface area contributed by atoms with Gasteiger partial charge in [0.1, 0.15) is 5.52 Å². The van der Waals surface area contributed by atoms with Crippen LogP contribution in [-0.4, -0.2) is 34.1 Å². The number of benzene rings is 1. The van der Waals surface area contributed by atoms with E-state index in [2.05, 4.69) is 36.4 Å². The monoisotopic (exact) mass is 334 g/mol. The highest BCUT2D eigenvalue weighted by molar-refractivity contribution is 5.73. The average Bonchev–Trinajstić information content (AvgIpc) is 3.03. The summed E-state index contributed by atoms with van der Waals surface area (Å²) in [5.74, 6) is -0.766. The van der Waals surface area contributed by atoms with Gasteiger partial charge in [-0.25, -0.2) is 10.00 Å². The highest BCUT2D eigenvalue weighted by Gasteiger charge is 2.29. The van der Waals surface area contributed by atoms with E-state index in [0.717, 1.165) is 43.1 Å².